The molecule has 1 heteroatoms. The molecule has 1 N–H and O–H groups in total. The van der Waals surface area contributed by atoms with E-state index in [0.717, 1.165) is 5.56 Å². The summed E-state index contributed by atoms with van der Waals surface area (Å²) in [6.45, 7) is 6.98. The van der Waals surface area contributed by atoms with E-state index in [4.69, 9.17) is 0 Å². The standard InChI is InChI=1S/C15H22O/c1-11-7-6-10-15(2,3)14(11)12-8-4-5-9-13(12)16/h4-5,8-9,11,14,16H,6-7,10H2,1-3H3. The highest BCUT2D eigenvalue weighted by atomic mass is 16.3. The summed E-state index contributed by atoms with van der Waals surface area (Å²) >= 11 is 0. The molecule has 1 aliphatic carbocycles. The van der Waals surface area contributed by atoms with Gasteiger partial charge in [-0.05, 0) is 35.3 Å². The van der Waals surface area contributed by atoms with Crippen LogP contribution in [-0.4, -0.2) is 5.11 Å². The van der Waals surface area contributed by atoms with Gasteiger partial charge in [0.25, 0.3) is 0 Å². The molecule has 1 aromatic carbocycles. The van der Waals surface area contributed by atoms with Crippen molar-refractivity contribution in [1.82, 2.24) is 0 Å². The molecule has 0 spiro atoms. The lowest BCUT2D eigenvalue weighted by atomic mass is 9.61. The average molecular weight is 218 g/mol. The van der Waals surface area contributed by atoms with Crippen LogP contribution in [0, 0.1) is 11.3 Å². The number of para-hydroxylation sites is 1. The SMILES string of the molecule is CC1CCCC(C)(C)C1c1ccccc1O. The molecule has 1 fully saturated rings. The van der Waals surface area contributed by atoms with Crippen LogP contribution >= 0.6 is 0 Å². The normalized spacial score (nSPS) is 28.9. The first-order valence-corrected chi connectivity index (χ1v) is 6.30. The minimum atomic E-state index is 0.302. The quantitative estimate of drug-likeness (QED) is 0.744. The lowest BCUT2D eigenvalue weighted by molar-refractivity contribution is 0.143. The first-order valence-electron chi connectivity index (χ1n) is 6.30. The third-order valence-corrected chi connectivity index (χ3v) is 4.16. The topological polar surface area (TPSA) is 20.2 Å². The summed E-state index contributed by atoms with van der Waals surface area (Å²) in [6.07, 6.45) is 3.86. The Morgan fingerprint density at radius 2 is 1.94 bits per heavy atom. The van der Waals surface area contributed by atoms with Crippen molar-refractivity contribution in [3.8, 4) is 5.75 Å². The van der Waals surface area contributed by atoms with Gasteiger partial charge in [-0.1, -0.05) is 51.8 Å². The van der Waals surface area contributed by atoms with Crippen molar-refractivity contribution >= 4 is 0 Å². The Hall–Kier alpha value is -0.980. The first-order chi connectivity index (χ1) is 7.52. The largest absolute Gasteiger partial charge is 0.508 e. The summed E-state index contributed by atoms with van der Waals surface area (Å²) in [5, 5.41) is 10.0. The fourth-order valence-electron chi connectivity index (χ4n) is 3.45. The van der Waals surface area contributed by atoms with Gasteiger partial charge >= 0.3 is 0 Å². The van der Waals surface area contributed by atoms with Gasteiger partial charge in [-0.15, -0.1) is 0 Å². The Balaban J connectivity index is 2.40. The van der Waals surface area contributed by atoms with Crippen molar-refractivity contribution in [3.05, 3.63) is 29.8 Å². The molecule has 1 aliphatic rings. The van der Waals surface area contributed by atoms with Gasteiger partial charge in [0, 0.05) is 0 Å². The molecule has 0 radical (unpaired) electrons. The molecule has 2 atom stereocenters. The maximum absolute atomic E-state index is 10.0. The van der Waals surface area contributed by atoms with E-state index in [1.807, 2.05) is 18.2 Å². The second kappa shape index (κ2) is 4.12. The van der Waals surface area contributed by atoms with Crippen LogP contribution in [0.25, 0.3) is 0 Å². The summed E-state index contributed by atoms with van der Waals surface area (Å²) in [6, 6.07) is 7.84. The lowest BCUT2D eigenvalue weighted by Gasteiger charge is -2.43. The van der Waals surface area contributed by atoms with E-state index in [2.05, 4.69) is 26.8 Å². The maximum Gasteiger partial charge on any atom is 0.119 e. The van der Waals surface area contributed by atoms with Gasteiger partial charge in [-0.25, -0.2) is 0 Å². The predicted molar refractivity (Wildman–Crippen MR) is 67.6 cm³/mol. The fourth-order valence-corrected chi connectivity index (χ4v) is 3.45. The molecule has 1 aromatic rings. The number of hydrogen-bond acceptors (Lipinski definition) is 1. The molecule has 0 aliphatic heterocycles. The zero-order chi connectivity index (χ0) is 11.8. The number of rotatable bonds is 1. The Morgan fingerprint density at radius 3 is 2.56 bits per heavy atom. The van der Waals surface area contributed by atoms with Crippen molar-refractivity contribution in [2.75, 3.05) is 0 Å². The minimum absolute atomic E-state index is 0.302. The van der Waals surface area contributed by atoms with Crippen LogP contribution in [-0.2, 0) is 0 Å². The summed E-state index contributed by atoms with van der Waals surface area (Å²) < 4.78 is 0. The van der Waals surface area contributed by atoms with E-state index in [1.54, 1.807) is 0 Å². The molecule has 1 nitrogen and oxygen atoms in total. The maximum atomic E-state index is 10.0. The summed E-state index contributed by atoms with van der Waals surface area (Å²) in [4.78, 5) is 0. The monoisotopic (exact) mass is 218 g/mol. The van der Waals surface area contributed by atoms with Gasteiger partial charge in [-0.2, -0.15) is 0 Å². The van der Waals surface area contributed by atoms with Crippen LogP contribution in [0.4, 0.5) is 0 Å². The van der Waals surface area contributed by atoms with Crippen molar-refractivity contribution in [2.24, 2.45) is 11.3 Å². The van der Waals surface area contributed by atoms with Crippen LogP contribution in [0.15, 0.2) is 24.3 Å². The van der Waals surface area contributed by atoms with E-state index in [-0.39, 0.29) is 0 Å². The minimum Gasteiger partial charge on any atom is -0.508 e. The molecule has 2 rings (SSSR count). The highest BCUT2D eigenvalue weighted by Gasteiger charge is 2.38. The van der Waals surface area contributed by atoms with Gasteiger partial charge in [0.2, 0.25) is 0 Å². The van der Waals surface area contributed by atoms with Crippen LogP contribution < -0.4 is 0 Å². The van der Waals surface area contributed by atoms with Gasteiger partial charge in [0.1, 0.15) is 5.75 Å². The smallest absolute Gasteiger partial charge is 0.119 e. The van der Waals surface area contributed by atoms with Crippen LogP contribution in [0.5, 0.6) is 5.75 Å². The third-order valence-electron chi connectivity index (χ3n) is 4.16. The highest BCUT2D eigenvalue weighted by molar-refractivity contribution is 5.36. The van der Waals surface area contributed by atoms with Crippen LogP contribution in [0.1, 0.15) is 51.5 Å². The third kappa shape index (κ3) is 1.95. The Labute approximate surface area is 98.5 Å². The number of phenolic OH excluding ortho intramolecular Hbond substituents is 1. The molecular formula is C15H22O. The molecule has 0 heterocycles. The highest BCUT2D eigenvalue weighted by Crippen LogP contribution is 2.51. The molecule has 0 saturated heterocycles. The van der Waals surface area contributed by atoms with Crippen LogP contribution in [0.3, 0.4) is 0 Å². The van der Waals surface area contributed by atoms with E-state index >= 15 is 0 Å². The van der Waals surface area contributed by atoms with Crippen molar-refractivity contribution in [1.29, 1.82) is 0 Å². The van der Waals surface area contributed by atoms with Gasteiger partial charge in [0.05, 0.1) is 0 Å². The van der Waals surface area contributed by atoms with Crippen molar-refractivity contribution in [3.63, 3.8) is 0 Å². The molecule has 0 aromatic heterocycles. The van der Waals surface area contributed by atoms with E-state index < -0.39 is 0 Å². The summed E-state index contributed by atoms with van der Waals surface area (Å²) in [7, 11) is 0. The van der Waals surface area contributed by atoms with Gasteiger partial charge in [0.15, 0.2) is 0 Å². The fraction of sp³-hybridized carbons (Fsp3) is 0.600. The Kier molecular flexibility index (Phi) is 2.96. The number of aromatic hydroxyl groups is 1. The molecule has 16 heavy (non-hydrogen) atoms. The van der Waals surface area contributed by atoms with Crippen molar-refractivity contribution in [2.45, 2.75) is 46.0 Å². The summed E-state index contributed by atoms with van der Waals surface area (Å²) in [5.74, 6) is 1.62. The van der Waals surface area contributed by atoms with Gasteiger partial charge < -0.3 is 5.11 Å². The number of phenols is 1. The molecule has 88 valence electrons. The molecule has 0 bridgehead atoms. The zero-order valence-electron chi connectivity index (χ0n) is 10.5. The number of benzene rings is 1. The van der Waals surface area contributed by atoms with E-state index in [9.17, 15) is 5.11 Å². The molecule has 1 saturated carbocycles. The summed E-state index contributed by atoms with van der Waals surface area (Å²) in [5.41, 5.74) is 1.44. The van der Waals surface area contributed by atoms with Crippen molar-refractivity contribution < 1.29 is 5.11 Å². The Bertz CT molecular complexity index is 367. The average Bonchev–Trinajstić information content (AvgIpc) is 2.19. The lowest BCUT2D eigenvalue weighted by Crippen LogP contribution is -2.31. The molecular weight excluding hydrogens is 196 g/mol. The zero-order valence-corrected chi connectivity index (χ0v) is 10.5. The predicted octanol–water partition coefficient (Wildman–Crippen LogP) is 4.32. The Morgan fingerprint density at radius 1 is 1.25 bits per heavy atom. The second-order valence-electron chi connectivity index (χ2n) is 5.89. The molecule has 0 amide bonds. The number of hydrogen-bond donors (Lipinski definition) is 1. The van der Waals surface area contributed by atoms with E-state index in [0.29, 0.717) is 23.0 Å². The van der Waals surface area contributed by atoms with E-state index in [1.165, 1.54) is 19.3 Å². The van der Waals surface area contributed by atoms with Gasteiger partial charge in [-0.3, -0.25) is 0 Å². The molecule has 2 unspecified atom stereocenters. The second-order valence-corrected chi connectivity index (χ2v) is 5.89. The first kappa shape index (κ1) is 11.5. The van der Waals surface area contributed by atoms with Crippen LogP contribution in [0.2, 0.25) is 0 Å².